The van der Waals surface area contributed by atoms with Crippen LogP contribution in [0.4, 0.5) is 5.69 Å². The quantitative estimate of drug-likeness (QED) is 0.332. The van der Waals surface area contributed by atoms with Gasteiger partial charge in [0.1, 0.15) is 0 Å². The van der Waals surface area contributed by atoms with Gasteiger partial charge in [0.25, 0.3) is 0 Å². The zero-order chi connectivity index (χ0) is 26.5. The first-order chi connectivity index (χ1) is 18.3. The molecule has 208 valence electrons. The average molecular weight is 546 g/mol. The second-order valence-corrected chi connectivity index (χ2v) is 12.4. The molecule has 1 aromatic heterocycles. The van der Waals surface area contributed by atoms with Crippen molar-refractivity contribution in [2.75, 3.05) is 25.0 Å². The maximum atomic E-state index is 6.51. The van der Waals surface area contributed by atoms with Gasteiger partial charge in [0.05, 0.1) is 12.1 Å². The fraction of sp³-hybridized carbons (Fsp3) is 0.690. The Hall–Kier alpha value is -1.52. The molecule has 0 radical (unpaired) electrons. The fourth-order valence-electron chi connectivity index (χ4n) is 7.19. The molecule has 8 nitrogen and oxygen atoms in total. The van der Waals surface area contributed by atoms with E-state index in [0.29, 0.717) is 23.5 Å². The zero-order valence-electron chi connectivity index (χ0n) is 22.7. The van der Waals surface area contributed by atoms with Gasteiger partial charge in [-0.2, -0.15) is 0 Å². The summed E-state index contributed by atoms with van der Waals surface area (Å²) in [6.07, 6.45) is 5.11. The molecule has 4 saturated heterocycles. The van der Waals surface area contributed by atoms with Crippen LogP contribution in [0.3, 0.4) is 0 Å². The molecule has 0 amide bonds. The summed E-state index contributed by atoms with van der Waals surface area (Å²) in [4.78, 5) is 16.5. The van der Waals surface area contributed by atoms with Crippen molar-refractivity contribution in [3.63, 3.8) is 0 Å². The molecule has 4 aliphatic heterocycles. The van der Waals surface area contributed by atoms with Gasteiger partial charge in [0, 0.05) is 59.7 Å². The fourth-order valence-corrected chi connectivity index (χ4v) is 7.36. The van der Waals surface area contributed by atoms with Gasteiger partial charge in [0.2, 0.25) is 5.79 Å². The number of hydrogen-bond acceptors (Lipinski definition) is 8. The summed E-state index contributed by atoms with van der Waals surface area (Å²) >= 11 is 6.12. The second-order valence-electron chi connectivity index (χ2n) is 11.9. The topological polar surface area (TPSA) is 83.1 Å². The number of fused-ring (bicyclic) bond motifs is 3. The number of rotatable bonds is 8. The van der Waals surface area contributed by atoms with Crippen LogP contribution in [0.15, 0.2) is 30.5 Å². The molecule has 7 rings (SSSR count). The maximum Gasteiger partial charge on any atom is 0.201 e. The van der Waals surface area contributed by atoms with E-state index in [2.05, 4.69) is 36.4 Å². The Morgan fingerprint density at radius 3 is 2.89 bits per heavy atom. The van der Waals surface area contributed by atoms with Crippen LogP contribution in [0.5, 0.6) is 0 Å². The minimum absolute atomic E-state index is 0.185. The van der Waals surface area contributed by atoms with E-state index in [-0.39, 0.29) is 24.2 Å². The SMILES string of the molecule is CC(CNCCO[C@H]1O[C@@H]2O[C@]3(C)CC[C@H]4[C@H](C)CC[C@@H]([C@H]1C)[C@@]24OO3)Nc1ccnc2cc(Cl)ccc12. The van der Waals surface area contributed by atoms with Crippen LogP contribution in [0.1, 0.15) is 53.4 Å². The molecule has 1 unspecified atom stereocenters. The van der Waals surface area contributed by atoms with Crippen molar-refractivity contribution >= 4 is 28.2 Å². The first-order valence-corrected chi connectivity index (χ1v) is 14.5. The molecule has 2 aromatic rings. The van der Waals surface area contributed by atoms with E-state index in [9.17, 15) is 0 Å². The Labute approximate surface area is 230 Å². The predicted octanol–water partition coefficient (Wildman–Crippen LogP) is 5.50. The highest BCUT2D eigenvalue weighted by Crippen LogP contribution is 2.60. The monoisotopic (exact) mass is 545 g/mol. The first kappa shape index (κ1) is 26.7. The van der Waals surface area contributed by atoms with Gasteiger partial charge in [-0.3, -0.25) is 4.98 Å². The molecule has 9 heteroatoms. The maximum absolute atomic E-state index is 6.51. The number of nitrogens with one attached hydrogen (secondary N) is 2. The van der Waals surface area contributed by atoms with Crippen LogP contribution < -0.4 is 10.6 Å². The second kappa shape index (κ2) is 10.5. The normalized spacial score (nSPS) is 39.0. The van der Waals surface area contributed by atoms with Gasteiger partial charge in [-0.05, 0) is 69.2 Å². The van der Waals surface area contributed by atoms with Crippen molar-refractivity contribution in [1.29, 1.82) is 0 Å². The number of nitrogens with zero attached hydrogens (tertiary/aromatic N) is 1. The lowest BCUT2D eigenvalue weighted by molar-refractivity contribution is -0.577. The number of aromatic nitrogens is 1. The lowest BCUT2D eigenvalue weighted by Crippen LogP contribution is -2.70. The molecule has 1 saturated carbocycles. The zero-order valence-corrected chi connectivity index (χ0v) is 23.5. The summed E-state index contributed by atoms with van der Waals surface area (Å²) in [6, 6.07) is 8.00. The molecule has 1 aliphatic carbocycles. The lowest BCUT2D eigenvalue weighted by Gasteiger charge is -2.60. The Morgan fingerprint density at radius 1 is 1.16 bits per heavy atom. The van der Waals surface area contributed by atoms with Crippen molar-refractivity contribution in [3.05, 3.63) is 35.5 Å². The van der Waals surface area contributed by atoms with Crippen molar-refractivity contribution < 1.29 is 24.0 Å². The van der Waals surface area contributed by atoms with Gasteiger partial charge >= 0.3 is 0 Å². The molecule has 2 bridgehead atoms. The van der Waals surface area contributed by atoms with Crippen LogP contribution in [0, 0.1) is 23.7 Å². The molecular formula is C29H40ClN3O5. The Bertz CT molecular complexity index is 1150. The van der Waals surface area contributed by atoms with E-state index >= 15 is 0 Å². The largest absolute Gasteiger partial charge is 0.381 e. The lowest BCUT2D eigenvalue weighted by atomic mass is 9.58. The van der Waals surface area contributed by atoms with E-state index in [1.165, 1.54) is 6.42 Å². The number of anilines is 1. The highest BCUT2D eigenvalue weighted by Gasteiger charge is 2.69. The summed E-state index contributed by atoms with van der Waals surface area (Å²) in [7, 11) is 0. The van der Waals surface area contributed by atoms with Crippen LogP contribution in [0.2, 0.25) is 5.02 Å². The van der Waals surface area contributed by atoms with Crippen molar-refractivity contribution in [3.8, 4) is 0 Å². The molecular weight excluding hydrogens is 506 g/mol. The average Bonchev–Trinajstić information content (AvgIpc) is 3.12. The van der Waals surface area contributed by atoms with E-state index in [0.717, 1.165) is 48.9 Å². The number of benzene rings is 1. The van der Waals surface area contributed by atoms with Crippen molar-refractivity contribution in [2.45, 2.75) is 83.4 Å². The van der Waals surface area contributed by atoms with E-state index < -0.39 is 17.7 Å². The van der Waals surface area contributed by atoms with Crippen molar-refractivity contribution in [1.82, 2.24) is 10.3 Å². The molecule has 1 aromatic carbocycles. The highest BCUT2D eigenvalue weighted by molar-refractivity contribution is 6.31. The first-order valence-electron chi connectivity index (χ1n) is 14.1. The third-order valence-electron chi connectivity index (χ3n) is 9.22. The summed E-state index contributed by atoms with van der Waals surface area (Å²) in [5, 5.41) is 8.84. The van der Waals surface area contributed by atoms with E-state index in [1.807, 2.05) is 31.2 Å². The van der Waals surface area contributed by atoms with Crippen LogP contribution in [0.25, 0.3) is 10.9 Å². The van der Waals surface area contributed by atoms with Gasteiger partial charge in [0.15, 0.2) is 18.2 Å². The molecule has 9 atom stereocenters. The summed E-state index contributed by atoms with van der Waals surface area (Å²) in [6.45, 7) is 10.7. The Balaban J connectivity index is 1.02. The summed E-state index contributed by atoms with van der Waals surface area (Å²) < 4.78 is 19.2. The van der Waals surface area contributed by atoms with Crippen LogP contribution >= 0.6 is 11.6 Å². The van der Waals surface area contributed by atoms with Gasteiger partial charge in [-0.15, -0.1) is 0 Å². The smallest absolute Gasteiger partial charge is 0.201 e. The third-order valence-corrected chi connectivity index (χ3v) is 9.45. The highest BCUT2D eigenvalue weighted by atomic mass is 35.5. The van der Waals surface area contributed by atoms with Crippen LogP contribution in [-0.2, 0) is 24.0 Å². The van der Waals surface area contributed by atoms with Gasteiger partial charge in [-0.25, -0.2) is 9.78 Å². The molecule has 2 N–H and O–H groups in total. The standard InChI is InChI=1S/C29H40ClN3O5/c1-17-5-8-23-19(3)26(35-27-29(23)22(17)9-11-28(4,36-27)37-38-29)34-14-13-31-16-18(2)33-24-10-12-32-25-15-20(30)6-7-21(24)25/h6-7,10,12,15,17-19,22-23,26-27,31H,5,8-9,11,13-14,16H2,1-4H3,(H,32,33)/t17-,18?,19-,22+,23+,26+,27-,28+,29-/m1/s1. The number of halogens is 1. The van der Waals surface area contributed by atoms with Gasteiger partial charge in [-0.1, -0.05) is 25.4 Å². The number of hydrogen-bond donors (Lipinski definition) is 2. The minimum Gasteiger partial charge on any atom is -0.381 e. The number of ether oxygens (including phenoxy) is 3. The summed E-state index contributed by atoms with van der Waals surface area (Å²) in [5.41, 5.74) is 1.39. The van der Waals surface area contributed by atoms with E-state index in [4.69, 9.17) is 35.6 Å². The Morgan fingerprint density at radius 2 is 2.03 bits per heavy atom. The third kappa shape index (κ3) is 4.72. The molecule has 5 fully saturated rings. The van der Waals surface area contributed by atoms with Crippen molar-refractivity contribution in [2.24, 2.45) is 23.7 Å². The molecule has 1 spiro atoms. The predicted molar refractivity (Wildman–Crippen MR) is 145 cm³/mol. The molecule has 5 aliphatic rings. The number of pyridine rings is 1. The van der Waals surface area contributed by atoms with Crippen LogP contribution in [-0.4, -0.2) is 54.7 Å². The summed E-state index contributed by atoms with van der Waals surface area (Å²) in [5.74, 6) is 0.614. The Kier molecular flexibility index (Phi) is 7.35. The molecule has 5 heterocycles. The van der Waals surface area contributed by atoms with Gasteiger partial charge < -0.3 is 24.8 Å². The molecule has 38 heavy (non-hydrogen) atoms. The minimum atomic E-state index is -0.764. The van der Waals surface area contributed by atoms with E-state index in [1.54, 1.807) is 6.20 Å².